The van der Waals surface area contributed by atoms with Gasteiger partial charge in [-0.05, 0) is 24.7 Å². The summed E-state index contributed by atoms with van der Waals surface area (Å²) in [6, 6.07) is 9.80. The maximum absolute atomic E-state index is 12.7. The molecule has 2 aliphatic heterocycles. The van der Waals surface area contributed by atoms with Crippen molar-refractivity contribution in [3.8, 4) is 11.4 Å². The molecule has 5 heteroatoms. The second-order valence-corrected chi connectivity index (χ2v) is 6.75. The van der Waals surface area contributed by atoms with Crippen molar-refractivity contribution in [2.45, 2.75) is 19.3 Å². The molecular weight excluding hydrogens is 302 g/mol. The minimum atomic E-state index is 0.0398. The number of benzene rings is 1. The number of ether oxygens (including phenoxy) is 1. The van der Waals surface area contributed by atoms with Gasteiger partial charge in [0.25, 0.3) is 5.91 Å². The highest BCUT2D eigenvalue weighted by Crippen LogP contribution is 2.40. The number of amides is 1. The highest BCUT2D eigenvalue weighted by Gasteiger charge is 2.41. The molecule has 24 heavy (non-hydrogen) atoms. The molecule has 4 rings (SSSR count). The molecule has 1 aromatic heterocycles. The third-order valence-electron chi connectivity index (χ3n) is 5.21. The molecule has 5 nitrogen and oxygen atoms in total. The molecule has 1 spiro atoms. The van der Waals surface area contributed by atoms with Crippen LogP contribution < -0.4 is 0 Å². The molecule has 3 heterocycles. The summed E-state index contributed by atoms with van der Waals surface area (Å²) in [5, 5.41) is 0. The topological polar surface area (TPSA) is 55.3 Å². The average molecular weight is 323 g/mol. The van der Waals surface area contributed by atoms with Crippen molar-refractivity contribution in [3.63, 3.8) is 0 Å². The van der Waals surface area contributed by atoms with E-state index in [9.17, 15) is 4.79 Å². The molecule has 2 saturated heterocycles. The second-order valence-electron chi connectivity index (χ2n) is 6.75. The van der Waals surface area contributed by atoms with Gasteiger partial charge < -0.3 is 9.64 Å². The molecule has 2 aliphatic rings. The summed E-state index contributed by atoms with van der Waals surface area (Å²) in [7, 11) is 0. The van der Waals surface area contributed by atoms with E-state index < -0.39 is 0 Å². The Bertz CT molecular complexity index is 709. The van der Waals surface area contributed by atoms with Gasteiger partial charge in [-0.25, -0.2) is 9.97 Å². The lowest BCUT2D eigenvalue weighted by Crippen LogP contribution is -2.35. The van der Waals surface area contributed by atoms with Gasteiger partial charge in [-0.15, -0.1) is 0 Å². The van der Waals surface area contributed by atoms with Crippen LogP contribution in [-0.4, -0.2) is 47.1 Å². The molecule has 0 unspecified atom stereocenters. The Labute approximate surface area is 141 Å². The normalized spacial score (nSPS) is 19.6. The van der Waals surface area contributed by atoms with Crippen LogP contribution in [0.1, 0.15) is 29.6 Å². The smallest absolute Gasteiger partial charge is 0.257 e. The predicted octanol–water partition coefficient (Wildman–Crippen LogP) is 2.79. The van der Waals surface area contributed by atoms with Crippen molar-refractivity contribution in [1.82, 2.24) is 14.9 Å². The Morgan fingerprint density at radius 2 is 1.75 bits per heavy atom. The van der Waals surface area contributed by atoms with Crippen molar-refractivity contribution in [2.24, 2.45) is 5.41 Å². The molecule has 1 amide bonds. The van der Waals surface area contributed by atoms with Crippen LogP contribution in [0.25, 0.3) is 11.4 Å². The van der Waals surface area contributed by atoms with Crippen LogP contribution in [0.2, 0.25) is 0 Å². The summed E-state index contributed by atoms with van der Waals surface area (Å²) in [5.41, 5.74) is 1.79. The van der Waals surface area contributed by atoms with E-state index in [1.165, 1.54) is 0 Å². The van der Waals surface area contributed by atoms with Crippen LogP contribution in [0.15, 0.2) is 42.7 Å². The van der Waals surface area contributed by atoms with Gasteiger partial charge in [-0.3, -0.25) is 4.79 Å². The number of hydrogen-bond donors (Lipinski definition) is 0. The molecule has 0 aliphatic carbocycles. The van der Waals surface area contributed by atoms with E-state index in [0.29, 0.717) is 11.4 Å². The first kappa shape index (κ1) is 15.3. The predicted molar refractivity (Wildman–Crippen MR) is 90.5 cm³/mol. The van der Waals surface area contributed by atoms with Crippen molar-refractivity contribution in [1.29, 1.82) is 0 Å². The Morgan fingerprint density at radius 3 is 2.46 bits per heavy atom. The van der Waals surface area contributed by atoms with Gasteiger partial charge >= 0.3 is 0 Å². The van der Waals surface area contributed by atoms with E-state index >= 15 is 0 Å². The van der Waals surface area contributed by atoms with E-state index in [2.05, 4.69) is 9.97 Å². The van der Waals surface area contributed by atoms with E-state index in [1.54, 1.807) is 12.4 Å². The summed E-state index contributed by atoms with van der Waals surface area (Å²) in [6.07, 6.45) is 6.48. The first-order valence-electron chi connectivity index (χ1n) is 8.50. The molecule has 2 aromatic rings. The maximum Gasteiger partial charge on any atom is 0.257 e. The first-order chi connectivity index (χ1) is 11.8. The quantitative estimate of drug-likeness (QED) is 0.853. The summed E-state index contributed by atoms with van der Waals surface area (Å²) < 4.78 is 5.47. The standard InChI is InChI=1S/C19H21N3O2/c23-18(22-9-6-19(14-22)7-10-24-11-8-19)16-12-20-17(21-13-16)15-4-2-1-3-5-15/h1-5,12-13H,6-11,14H2. The highest BCUT2D eigenvalue weighted by atomic mass is 16.5. The number of carbonyl (C=O) groups is 1. The van der Waals surface area contributed by atoms with Gasteiger partial charge in [0.05, 0.1) is 5.56 Å². The van der Waals surface area contributed by atoms with Crippen molar-refractivity contribution < 1.29 is 9.53 Å². The summed E-state index contributed by atoms with van der Waals surface area (Å²) in [5.74, 6) is 0.687. The first-order valence-corrected chi connectivity index (χ1v) is 8.50. The molecule has 1 aromatic carbocycles. The summed E-state index contributed by atoms with van der Waals surface area (Å²) in [6.45, 7) is 3.28. The minimum Gasteiger partial charge on any atom is -0.381 e. The second kappa shape index (κ2) is 6.32. The van der Waals surface area contributed by atoms with E-state index in [4.69, 9.17) is 4.74 Å². The van der Waals surface area contributed by atoms with Gasteiger partial charge in [0.15, 0.2) is 5.82 Å². The molecular formula is C19H21N3O2. The summed E-state index contributed by atoms with van der Waals surface area (Å²) >= 11 is 0. The number of nitrogens with zero attached hydrogens (tertiary/aromatic N) is 3. The van der Waals surface area contributed by atoms with Crippen LogP contribution in [0.3, 0.4) is 0 Å². The highest BCUT2D eigenvalue weighted by molar-refractivity contribution is 5.94. The molecule has 0 atom stereocenters. The number of hydrogen-bond acceptors (Lipinski definition) is 4. The Morgan fingerprint density at radius 1 is 1.04 bits per heavy atom. The zero-order valence-corrected chi connectivity index (χ0v) is 13.6. The molecule has 0 bridgehead atoms. The monoisotopic (exact) mass is 323 g/mol. The zero-order chi connectivity index (χ0) is 16.4. The lowest BCUT2D eigenvalue weighted by Gasteiger charge is -2.33. The van der Waals surface area contributed by atoms with E-state index in [1.807, 2.05) is 35.2 Å². The number of aromatic nitrogens is 2. The van der Waals surface area contributed by atoms with E-state index in [0.717, 1.165) is 51.1 Å². The van der Waals surface area contributed by atoms with Crippen LogP contribution in [0.4, 0.5) is 0 Å². The Balaban J connectivity index is 1.47. The minimum absolute atomic E-state index is 0.0398. The van der Waals surface area contributed by atoms with E-state index in [-0.39, 0.29) is 11.3 Å². The maximum atomic E-state index is 12.7. The SMILES string of the molecule is O=C(c1cnc(-c2ccccc2)nc1)N1CCC2(CCOCC2)C1. The van der Waals surface area contributed by atoms with Crippen LogP contribution in [0.5, 0.6) is 0 Å². The third-order valence-corrected chi connectivity index (χ3v) is 5.21. The molecule has 2 fully saturated rings. The molecule has 0 saturated carbocycles. The largest absolute Gasteiger partial charge is 0.381 e. The number of likely N-dealkylation sites (tertiary alicyclic amines) is 1. The van der Waals surface area contributed by atoms with Gasteiger partial charge in [0.1, 0.15) is 0 Å². The lowest BCUT2D eigenvalue weighted by atomic mass is 9.80. The van der Waals surface area contributed by atoms with Gasteiger partial charge in [-0.1, -0.05) is 30.3 Å². The summed E-state index contributed by atoms with van der Waals surface area (Å²) in [4.78, 5) is 23.4. The van der Waals surface area contributed by atoms with Gasteiger partial charge in [-0.2, -0.15) is 0 Å². The Kier molecular flexibility index (Phi) is 4.02. The zero-order valence-electron chi connectivity index (χ0n) is 13.6. The molecule has 124 valence electrons. The van der Waals surface area contributed by atoms with Gasteiger partial charge in [0, 0.05) is 44.3 Å². The average Bonchev–Trinajstić information content (AvgIpc) is 3.06. The molecule has 0 N–H and O–H groups in total. The Hall–Kier alpha value is -2.27. The van der Waals surface area contributed by atoms with Gasteiger partial charge in [0.2, 0.25) is 0 Å². The number of rotatable bonds is 2. The van der Waals surface area contributed by atoms with Crippen LogP contribution in [0, 0.1) is 5.41 Å². The van der Waals surface area contributed by atoms with Crippen molar-refractivity contribution in [2.75, 3.05) is 26.3 Å². The fraction of sp³-hybridized carbons (Fsp3) is 0.421. The van der Waals surface area contributed by atoms with Crippen molar-refractivity contribution in [3.05, 3.63) is 48.3 Å². The lowest BCUT2D eigenvalue weighted by molar-refractivity contribution is 0.0191. The molecule has 0 radical (unpaired) electrons. The van der Waals surface area contributed by atoms with Crippen molar-refractivity contribution >= 4 is 5.91 Å². The van der Waals surface area contributed by atoms with Crippen LogP contribution in [-0.2, 0) is 4.74 Å². The fourth-order valence-corrected chi connectivity index (χ4v) is 3.68. The number of carbonyl (C=O) groups excluding carboxylic acids is 1. The van der Waals surface area contributed by atoms with Crippen LogP contribution >= 0.6 is 0 Å². The fourth-order valence-electron chi connectivity index (χ4n) is 3.68. The third kappa shape index (κ3) is 2.91.